The molecule has 28 heavy (non-hydrogen) atoms. The molecule has 4 aromatic rings. The molecular formula is C21H19N3O4. The van der Waals surface area contributed by atoms with Crippen molar-refractivity contribution in [1.82, 2.24) is 15.0 Å². The summed E-state index contributed by atoms with van der Waals surface area (Å²) in [6, 6.07) is 13.1. The lowest BCUT2D eigenvalue weighted by atomic mass is 10.3. The first-order valence-electron chi connectivity index (χ1n) is 8.82. The first kappa shape index (κ1) is 17.9. The lowest BCUT2D eigenvalue weighted by molar-refractivity contribution is 0.143. The zero-order valence-electron chi connectivity index (χ0n) is 15.4. The lowest BCUT2D eigenvalue weighted by Crippen LogP contribution is -2.05. The SMILES string of the molecule is COCCOc1ccc(COc2ccc3oc(-c4cccnc4)nc3c2)cn1. The van der Waals surface area contributed by atoms with Gasteiger partial charge in [-0.25, -0.2) is 9.97 Å². The maximum absolute atomic E-state index is 5.86. The van der Waals surface area contributed by atoms with E-state index in [1.807, 2.05) is 42.5 Å². The van der Waals surface area contributed by atoms with E-state index in [-0.39, 0.29) is 0 Å². The smallest absolute Gasteiger partial charge is 0.228 e. The van der Waals surface area contributed by atoms with Crippen molar-refractivity contribution < 1.29 is 18.6 Å². The van der Waals surface area contributed by atoms with E-state index in [1.54, 1.807) is 25.7 Å². The number of hydrogen-bond donors (Lipinski definition) is 0. The predicted molar refractivity (Wildman–Crippen MR) is 103 cm³/mol. The largest absolute Gasteiger partial charge is 0.489 e. The third kappa shape index (κ3) is 4.27. The van der Waals surface area contributed by atoms with Gasteiger partial charge in [0.25, 0.3) is 0 Å². The number of rotatable bonds is 8. The van der Waals surface area contributed by atoms with Crippen molar-refractivity contribution in [2.24, 2.45) is 0 Å². The molecule has 0 atom stereocenters. The zero-order valence-corrected chi connectivity index (χ0v) is 15.4. The van der Waals surface area contributed by atoms with Gasteiger partial charge in [0.1, 0.15) is 24.5 Å². The number of oxazole rings is 1. The summed E-state index contributed by atoms with van der Waals surface area (Å²) in [5.41, 5.74) is 3.21. The predicted octanol–water partition coefficient (Wildman–Crippen LogP) is 3.89. The van der Waals surface area contributed by atoms with Gasteiger partial charge in [-0.05, 0) is 30.3 Å². The average Bonchev–Trinajstić information content (AvgIpc) is 3.17. The molecular weight excluding hydrogens is 358 g/mol. The van der Waals surface area contributed by atoms with Crippen LogP contribution in [0.1, 0.15) is 5.56 Å². The molecule has 7 nitrogen and oxygen atoms in total. The molecule has 0 bridgehead atoms. The summed E-state index contributed by atoms with van der Waals surface area (Å²) in [4.78, 5) is 12.9. The fourth-order valence-electron chi connectivity index (χ4n) is 2.59. The number of benzene rings is 1. The number of ether oxygens (including phenoxy) is 3. The first-order chi connectivity index (χ1) is 13.8. The van der Waals surface area contributed by atoms with E-state index >= 15 is 0 Å². The number of pyridine rings is 2. The van der Waals surface area contributed by atoms with Crippen molar-refractivity contribution in [3.05, 3.63) is 66.6 Å². The lowest BCUT2D eigenvalue weighted by Gasteiger charge is -2.07. The van der Waals surface area contributed by atoms with Crippen molar-refractivity contribution in [3.8, 4) is 23.1 Å². The monoisotopic (exact) mass is 377 g/mol. The molecule has 0 saturated carbocycles. The van der Waals surface area contributed by atoms with Gasteiger partial charge in [0.2, 0.25) is 11.8 Å². The standard InChI is InChI=1S/C21H19N3O4/c1-25-9-10-26-20-7-4-15(12-23-20)14-27-17-5-6-19-18(11-17)24-21(28-19)16-3-2-8-22-13-16/h2-8,11-13H,9-10,14H2,1H3. The molecule has 0 spiro atoms. The molecule has 142 valence electrons. The summed E-state index contributed by atoms with van der Waals surface area (Å²) >= 11 is 0. The molecule has 4 rings (SSSR count). The summed E-state index contributed by atoms with van der Waals surface area (Å²) in [6.45, 7) is 1.39. The molecule has 7 heteroatoms. The Morgan fingerprint density at radius 1 is 1.00 bits per heavy atom. The van der Waals surface area contributed by atoms with Gasteiger partial charge in [0, 0.05) is 43.4 Å². The van der Waals surface area contributed by atoms with Crippen molar-refractivity contribution in [1.29, 1.82) is 0 Å². The van der Waals surface area contributed by atoms with Gasteiger partial charge in [0.05, 0.1) is 12.2 Å². The van der Waals surface area contributed by atoms with Gasteiger partial charge in [-0.15, -0.1) is 0 Å². The third-order valence-corrected chi connectivity index (χ3v) is 4.01. The Balaban J connectivity index is 1.41. The highest BCUT2D eigenvalue weighted by Crippen LogP contribution is 2.26. The number of fused-ring (bicyclic) bond motifs is 1. The van der Waals surface area contributed by atoms with Crippen LogP contribution < -0.4 is 9.47 Å². The van der Waals surface area contributed by atoms with Crippen LogP contribution in [-0.4, -0.2) is 35.3 Å². The Hall–Kier alpha value is -3.45. The van der Waals surface area contributed by atoms with Crippen molar-refractivity contribution in [2.45, 2.75) is 6.61 Å². The van der Waals surface area contributed by atoms with E-state index in [0.29, 0.717) is 42.9 Å². The van der Waals surface area contributed by atoms with E-state index in [1.165, 1.54) is 0 Å². The number of hydrogen-bond acceptors (Lipinski definition) is 7. The minimum atomic E-state index is 0.393. The summed E-state index contributed by atoms with van der Waals surface area (Å²) in [6.07, 6.45) is 5.17. The number of methoxy groups -OCH3 is 1. The Bertz CT molecular complexity index is 1030. The molecule has 1 aromatic carbocycles. The van der Waals surface area contributed by atoms with Crippen molar-refractivity contribution in [2.75, 3.05) is 20.3 Å². The molecule has 0 amide bonds. The van der Waals surface area contributed by atoms with Gasteiger partial charge < -0.3 is 18.6 Å². The molecule has 3 heterocycles. The van der Waals surface area contributed by atoms with Crippen molar-refractivity contribution in [3.63, 3.8) is 0 Å². The van der Waals surface area contributed by atoms with Crippen LogP contribution in [0.25, 0.3) is 22.6 Å². The molecule has 0 unspecified atom stereocenters. The zero-order chi connectivity index (χ0) is 19.2. The van der Waals surface area contributed by atoms with Crippen LogP contribution in [0, 0.1) is 0 Å². The maximum Gasteiger partial charge on any atom is 0.228 e. The van der Waals surface area contributed by atoms with Crippen LogP contribution in [-0.2, 0) is 11.3 Å². The van der Waals surface area contributed by atoms with Gasteiger partial charge in [-0.1, -0.05) is 0 Å². The minimum Gasteiger partial charge on any atom is -0.489 e. The van der Waals surface area contributed by atoms with E-state index in [9.17, 15) is 0 Å². The first-order valence-corrected chi connectivity index (χ1v) is 8.82. The third-order valence-electron chi connectivity index (χ3n) is 4.01. The summed E-state index contributed by atoms with van der Waals surface area (Å²) in [7, 11) is 1.63. The van der Waals surface area contributed by atoms with Crippen molar-refractivity contribution >= 4 is 11.1 Å². The van der Waals surface area contributed by atoms with Crippen LogP contribution >= 0.6 is 0 Å². The Kier molecular flexibility index (Phi) is 5.44. The van der Waals surface area contributed by atoms with Crippen LogP contribution in [0.15, 0.2) is 65.5 Å². The number of nitrogens with zero attached hydrogens (tertiary/aromatic N) is 3. The van der Waals surface area contributed by atoms with Gasteiger partial charge >= 0.3 is 0 Å². The Morgan fingerprint density at radius 2 is 1.96 bits per heavy atom. The summed E-state index contributed by atoms with van der Waals surface area (Å²) in [5, 5.41) is 0. The van der Waals surface area contributed by atoms with E-state index in [4.69, 9.17) is 18.6 Å². The molecule has 0 radical (unpaired) electrons. The fourth-order valence-corrected chi connectivity index (χ4v) is 2.59. The highest BCUT2D eigenvalue weighted by Gasteiger charge is 2.09. The molecule has 3 aromatic heterocycles. The minimum absolute atomic E-state index is 0.393. The molecule has 0 aliphatic heterocycles. The fraction of sp³-hybridized carbons (Fsp3) is 0.190. The van der Waals surface area contributed by atoms with Crippen LogP contribution in [0.5, 0.6) is 11.6 Å². The maximum atomic E-state index is 5.86. The van der Waals surface area contributed by atoms with Gasteiger partial charge in [0.15, 0.2) is 5.58 Å². The highest BCUT2D eigenvalue weighted by molar-refractivity contribution is 5.77. The topological polar surface area (TPSA) is 79.5 Å². The number of aromatic nitrogens is 3. The quantitative estimate of drug-likeness (QED) is 0.431. The average molecular weight is 377 g/mol. The molecule has 0 aliphatic carbocycles. The second-order valence-electron chi connectivity index (χ2n) is 6.02. The summed E-state index contributed by atoms with van der Waals surface area (Å²) in [5.74, 6) is 1.81. The molecule has 0 saturated heterocycles. The van der Waals surface area contributed by atoms with Crippen LogP contribution in [0.2, 0.25) is 0 Å². The molecule has 0 fully saturated rings. The van der Waals surface area contributed by atoms with E-state index in [2.05, 4.69) is 15.0 Å². The van der Waals surface area contributed by atoms with E-state index in [0.717, 1.165) is 16.6 Å². The second-order valence-corrected chi connectivity index (χ2v) is 6.02. The Labute approximate surface area is 161 Å². The van der Waals surface area contributed by atoms with Gasteiger partial charge in [-0.2, -0.15) is 0 Å². The second kappa shape index (κ2) is 8.49. The summed E-state index contributed by atoms with van der Waals surface area (Å²) < 4.78 is 22.0. The van der Waals surface area contributed by atoms with Gasteiger partial charge in [-0.3, -0.25) is 4.98 Å². The molecule has 0 N–H and O–H groups in total. The highest BCUT2D eigenvalue weighted by atomic mass is 16.5. The van der Waals surface area contributed by atoms with E-state index < -0.39 is 0 Å². The Morgan fingerprint density at radius 3 is 2.75 bits per heavy atom. The molecule has 0 aliphatic rings. The normalized spacial score (nSPS) is 10.9. The van der Waals surface area contributed by atoms with Crippen LogP contribution in [0.4, 0.5) is 0 Å². The van der Waals surface area contributed by atoms with Crippen LogP contribution in [0.3, 0.4) is 0 Å².